The summed E-state index contributed by atoms with van der Waals surface area (Å²) < 4.78 is 0.827. The van der Waals surface area contributed by atoms with Crippen molar-refractivity contribution in [2.24, 2.45) is 5.92 Å². The Morgan fingerprint density at radius 3 is 2.85 bits per heavy atom. The lowest BCUT2D eigenvalue weighted by Gasteiger charge is -2.40. The molecule has 2 unspecified atom stereocenters. The number of aliphatic hydroxyl groups is 1. The van der Waals surface area contributed by atoms with Gasteiger partial charge >= 0.3 is 0 Å². The fraction of sp³-hybridized carbons (Fsp3) is 0.714. The summed E-state index contributed by atoms with van der Waals surface area (Å²) >= 11 is 3.55. The Labute approximate surface area is 128 Å². The lowest BCUT2D eigenvalue weighted by Crippen LogP contribution is -2.46. The van der Waals surface area contributed by atoms with Crippen LogP contribution < -0.4 is 10.6 Å². The van der Waals surface area contributed by atoms with Gasteiger partial charge in [0.05, 0.1) is 12.1 Å². The Balaban J connectivity index is 2.21. The van der Waals surface area contributed by atoms with E-state index in [-0.39, 0.29) is 12.1 Å². The van der Waals surface area contributed by atoms with Gasteiger partial charge < -0.3 is 15.7 Å². The normalized spacial score (nSPS) is 26.3. The third kappa shape index (κ3) is 3.41. The number of halogens is 1. The van der Waals surface area contributed by atoms with E-state index in [4.69, 9.17) is 0 Å². The molecule has 5 nitrogen and oxygen atoms in total. The van der Waals surface area contributed by atoms with Crippen molar-refractivity contribution in [3.8, 4) is 0 Å². The molecule has 2 rings (SSSR count). The van der Waals surface area contributed by atoms with E-state index in [1.54, 1.807) is 6.33 Å². The summed E-state index contributed by atoms with van der Waals surface area (Å²) in [6.07, 6.45) is 5.86. The summed E-state index contributed by atoms with van der Waals surface area (Å²) in [5.41, 5.74) is -0.266. The molecule has 0 saturated heterocycles. The van der Waals surface area contributed by atoms with Crippen LogP contribution in [-0.4, -0.2) is 33.8 Å². The predicted molar refractivity (Wildman–Crippen MR) is 85.0 cm³/mol. The largest absolute Gasteiger partial charge is 0.394 e. The van der Waals surface area contributed by atoms with E-state index in [1.807, 2.05) is 6.92 Å². The second kappa shape index (κ2) is 6.72. The maximum atomic E-state index is 9.85. The van der Waals surface area contributed by atoms with E-state index in [0.717, 1.165) is 41.9 Å². The first-order chi connectivity index (χ1) is 9.60. The number of aliphatic hydroxyl groups excluding tert-OH is 1. The average molecular weight is 343 g/mol. The number of nitrogens with zero attached hydrogens (tertiary/aromatic N) is 2. The SMILES string of the molecule is CCNc1ncnc(NC2(CO)CCCC(C)C2)c1Br. The highest BCUT2D eigenvalue weighted by Gasteiger charge is 2.35. The van der Waals surface area contributed by atoms with Crippen LogP contribution in [0.2, 0.25) is 0 Å². The summed E-state index contributed by atoms with van der Waals surface area (Å²) in [6.45, 7) is 5.20. The van der Waals surface area contributed by atoms with Crippen molar-refractivity contribution in [3.05, 3.63) is 10.8 Å². The molecule has 0 aliphatic heterocycles. The van der Waals surface area contributed by atoms with Crippen molar-refractivity contribution in [1.29, 1.82) is 0 Å². The van der Waals surface area contributed by atoms with E-state index < -0.39 is 0 Å². The van der Waals surface area contributed by atoms with E-state index in [9.17, 15) is 5.11 Å². The fourth-order valence-electron chi connectivity index (χ4n) is 2.96. The molecule has 3 N–H and O–H groups in total. The number of hydrogen-bond donors (Lipinski definition) is 3. The van der Waals surface area contributed by atoms with Gasteiger partial charge in [-0.2, -0.15) is 0 Å². The summed E-state index contributed by atoms with van der Waals surface area (Å²) in [4.78, 5) is 8.53. The quantitative estimate of drug-likeness (QED) is 0.767. The average Bonchev–Trinajstić information content (AvgIpc) is 2.43. The molecule has 1 aromatic heterocycles. The molecular weight excluding hydrogens is 320 g/mol. The summed E-state index contributed by atoms with van der Waals surface area (Å²) in [6, 6.07) is 0. The van der Waals surface area contributed by atoms with Crippen LogP contribution in [0.3, 0.4) is 0 Å². The Kier molecular flexibility index (Phi) is 5.21. The zero-order valence-electron chi connectivity index (χ0n) is 12.1. The van der Waals surface area contributed by atoms with Gasteiger partial charge in [-0.3, -0.25) is 0 Å². The molecule has 1 aliphatic rings. The van der Waals surface area contributed by atoms with Gasteiger partial charge in [-0.1, -0.05) is 19.8 Å². The van der Waals surface area contributed by atoms with Crippen molar-refractivity contribution in [2.45, 2.75) is 45.1 Å². The fourth-order valence-corrected chi connectivity index (χ4v) is 3.40. The Morgan fingerprint density at radius 1 is 1.45 bits per heavy atom. The Bertz CT molecular complexity index is 457. The molecule has 1 aromatic rings. The van der Waals surface area contributed by atoms with Crippen LogP contribution in [0.1, 0.15) is 39.5 Å². The van der Waals surface area contributed by atoms with Crippen LogP contribution >= 0.6 is 15.9 Å². The van der Waals surface area contributed by atoms with E-state index in [2.05, 4.69) is 43.5 Å². The number of nitrogens with one attached hydrogen (secondary N) is 2. The second-order valence-electron chi connectivity index (χ2n) is 5.68. The smallest absolute Gasteiger partial charge is 0.146 e. The zero-order chi connectivity index (χ0) is 14.6. The molecular formula is C14H23BrN4O. The maximum Gasteiger partial charge on any atom is 0.146 e. The van der Waals surface area contributed by atoms with Crippen LogP contribution in [0.25, 0.3) is 0 Å². The molecule has 0 amide bonds. The predicted octanol–water partition coefficient (Wildman–Crippen LogP) is 3.02. The van der Waals surface area contributed by atoms with E-state index >= 15 is 0 Å². The Hall–Kier alpha value is -0.880. The second-order valence-corrected chi connectivity index (χ2v) is 6.47. The van der Waals surface area contributed by atoms with Crippen LogP contribution in [0.15, 0.2) is 10.8 Å². The molecule has 0 radical (unpaired) electrons. The van der Waals surface area contributed by atoms with Gasteiger partial charge in [0.15, 0.2) is 0 Å². The van der Waals surface area contributed by atoms with Crippen LogP contribution in [-0.2, 0) is 0 Å². The minimum absolute atomic E-state index is 0.129. The Morgan fingerprint density at radius 2 is 2.20 bits per heavy atom. The minimum atomic E-state index is -0.266. The van der Waals surface area contributed by atoms with Gasteiger partial charge in [-0.15, -0.1) is 0 Å². The summed E-state index contributed by atoms with van der Waals surface area (Å²) in [5, 5.41) is 16.5. The minimum Gasteiger partial charge on any atom is -0.394 e. The molecule has 1 saturated carbocycles. The van der Waals surface area contributed by atoms with E-state index in [1.165, 1.54) is 6.42 Å². The number of rotatable bonds is 5. The van der Waals surface area contributed by atoms with Crippen molar-refractivity contribution in [2.75, 3.05) is 23.8 Å². The number of anilines is 2. The lowest BCUT2D eigenvalue weighted by molar-refractivity contribution is 0.149. The molecule has 1 fully saturated rings. The molecule has 0 spiro atoms. The lowest BCUT2D eigenvalue weighted by atomic mass is 9.77. The highest BCUT2D eigenvalue weighted by molar-refractivity contribution is 9.10. The van der Waals surface area contributed by atoms with Gasteiger partial charge in [0.1, 0.15) is 22.4 Å². The van der Waals surface area contributed by atoms with Crippen molar-refractivity contribution < 1.29 is 5.11 Å². The molecule has 6 heteroatoms. The highest BCUT2D eigenvalue weighted by atomic mass is 79.9. The molecule has 20 heavy (non-hydrogen) atoms. The number of aromatic nitrogens is 2. The molecule has 1 aliphatic carbocycles. The monoisotopic (exact) mass is 342 g/mol. The molecule has 0 bridgehead atoms. The standard InChI is InChI=1S/C14H23BrN4O/c1-3-16-12-11(15)13(18-9-17-12)19-14(8-20)6-4-5-10(2)7-14/h9-10,20H,3-8H2,1-2H3,(H2,16,17,18,19). The topological polar surface area (TPSA) is 70.1 Å². The zero-order valence-corrected chi connectivity index (χ0v) is 13.7. The van der Waals surface area contributed by atoms with Crippen LogP contribution in [0.4, 0.5) is 11.6 Å². The van der Waals surface area contributed by atoms with Crippen molar-refractivity contribution in [1.82, 2.24) is 9.97 Å². The van der Waals surface area contributed by atoms with Gasteiger partial charge in [0, 0.05) is 6.54 Å². The van der Waals surface area contributed by atoms with Gasteiger partial charge in [-0.05, 0) is 41.6 Å². The molecule has 0 aromatic carbocycles. The maximum absolute atomic E-state index is 9.85. The number of hydrogen-bond acceptors (Lipinski definition) is 5. The first kappa shape index (κ1) is 15.5. The first-order valence-corrected chi connectivity index (χ1v) is 8.03. The molecule has 112 valence electrons. The third-order valence-electron chi connectivity index (χ3n) is 3.91. The van der Waals surface area contributed by atoms with Crippen LogP contribution in [0, 0.1) is 5.92 Å². The van der Waals surface area contributed by atoms with Crippen LogP contribution in [0.5, 0.6) is 0 Å². The van der Waals surface area contributed by atoms with Crippen molar-refractivity contribution >= 4 is 27.6 Å². The first-order valence-electron chi connectivity index (χ1n) is 7.23. The third-order valence-corrected chi connectivity index (χ3v) is 4.66. The summed E-state index contributed by atoms with van der Waals surface area (Å²) in [7, 11) is 0. The molecule has 1 heterocycles. The molecule has 2 atom stereocenters. The van der Waals surface area contributed by atoms with Gasteiger partial charge in [-0.25, -0.2) is 9.97 Å². The van der Waals surface area contributed by atoms with Crippen molar-refractivity contribution in [3.63, 3.8) is 0 Å². The van der Waals surface area contributed by atoms with Gasteiger partial charge in [0.2, 0.25) is 0 Å². The summed E-state index contributed by atoms with van der Waals surface area (Å²) in [5.74, 6) is 2.15. The van der Waals surface area contributed by atoms with Gasteiger partial charge in [0.25, 0.3) is 0 Å². The van der Waals surface area contributed by atoms with E-state index in [0.29, 0.717) is 5.92 Å². The highest BCUT2D eigenvalue weighted by Crippen LogP contribution is 2.37.